The Morgan fingerprint density at radius 1 is 0.414 bits per heavy atom. The van der Waals surface area contributed by atoms with Gasteiger partial charge in [-0.25, -0.2) is 0 Å². The van der Waals surface area contributed by atoms with Crippen molar-refractivity contribution in [3.05, 3.63) is 192 Å². The molecule has 0 fully saturated rings. The number of hydrogen-bond donors (Lipinski definition) is 7. The van der Waals surface area contributed by atoms with Gasteiger partial charge < -0.3 is 38.1 Å². The molecule has 70 heavy (non-hydrogen) atoms. The molecule has 0 saturated heterocycles. The number of nitrogens with two attached hydrogens (primary N) is 2. The Bertz CT molecular complexity index is 2590. The van der Waals surface area contributed by atoms with E-state index in [1.807, 2.05) is 170 Å². The third kappa shape index (κ3) is 17.5. The van der Waals surface area contributed by atoms with E-state index in [1.54, 1.807) is 0 Å². The standard InChI is InChI=1S/C57H64N8O5/c58-57(59)62-36-15-25-50(56(70)65-51(38-42-18-7-2-8-19-42)54(68)61-37-34-41-16-5-1-6-17-41)64-55(69)49(63-53(67)40-44-28-32-48(33-29-44)46-22-11-4-12-23-46)24-13-14-35-60-52(66)39-43-26-30-47(31-27-43)45-20-9-3-10-21-45/h1-12,16-23,26-33,49-51H,13-15,24-25,34-40H2,(H,60,66)(H,61,68)(H,63,67)(H,64,69)(H,65,70)(H4,58,59,62)/t49?,50-,51+/m1/s1. The Labute approximate surface area is 411 Å². The lowest BCUT2D eigenvalue weighted by molar-refractivity contribution is -0.133. The zero-order chi connectivity index (χ0) is 49.3. The molecule has 3 atom stereocenters. The van der Waals surface area contributed by atoms with Gasteiger partial charge in [0.2, 0.25) is 29.5 Å². The Morgan fingerprint density at radius 2 is 0.871 bits per heavy atom. The molecule has 9 N–H and O–H groups in total. The van der Waals surface area contributed by atoms with E-state index in [2.05, 4.69) is 31.6 Å². The number of hydrogen-bond acceptors (Lipinski definition) is 6. The minimum Gasteiger partial charge on any atom is -0.370 e. The van der Waals surface area contributed by atoms with Gasteiger partial charge in [0.1, 0.15) is 18.1 Å². The molecule has 0 radical (unpaired) electrons. The topological polar surface area (TPSA) is 210 Å². The number of nitrogens with zero attached hydrogens (tertiary/aromatic N) is 1. The van der Waals surface area contributed by atoms with E-state index in [0.717, 1.165) is 44.5 Å². The van der Waals surface area contributed by atoms with Gasteiger partial charge >= 0.3 is 0 Å². The van der Waals surface area contributed by atoms with Crippen LogP contribution in [-0.4, -0.2) is 73.3 Å². The van der Waals surface area contributed by atoms with E-state index in [9.17, 15) is 24.0 Å². The SMILES string of the molecule is NC(N)=NCCC[C@@H](NC(=O)C(CCCCNC(=O)Cc1ccc(-c2ccccc2)cc1)NC(=O)Cc1ccc(-c2ccccc2)cc1)C(=O)N[C@@H](Cc1ccccc1)C(=O)NCCc1ccccc1. The first kappa shape index (κ1) is 51.3. The number of rotatable bonds is 26. The number of benzene rings is 6. The summed E-state index contributed by atoms with van der Waals surface area (Å²) >= 11 is 0. The maximum Gasteiger partial charge on any atom is 0.243 e. The van der Waals surface area contributed by atoms with Gasteiger partial charge in [-0.1, -0.05) is 170 Å². The fourth-order valence-corrected chi connectivity index (χ4v) is 8.01. The minimum atomic E-state index is -1.11. The molecule has 0 bridgehead atoms. The van der Waals surface area contributed by atoms with Gasteiger partial charge in [-0.3, -0.25) is 29.0 Å². The van der Waals surface area contributed by atoms with Crippen molar-refractivity contribution >= 4 is 35.5 Å². The summed E-state index contributed by atoms with van der Waals surface area (Å²) in [6.07, 6.45) is 2.74. The van der Waals surface area contributed by atoms with Crippen molar-refractivity contribution in [2.45, 2.75) is 75.9 Å². The average Bonchev–Trinajstić information content (AvgIpc) is 3.38. The summed E-state index contributed by atoms with van der Waals surface area (Å²) in [6, 6.07) is 51.6. The first-order valence-electron chi connectivity index (χ1n) is 24.0. The first-order chi connectivity index (χ1) is 34.1. The van der Waals surface area contributed by atoms with Gasteiger partial charge in [-0.05, 0) is 83.0 Å². The molecule has 6 aromatic carbocycles. The van der Waals surface area contributed by atoms with Crippen molar-refractivity contribution in [3.8, 4) is 22.3 Å². The van der Waals surface area contributed by atoms with Gasteiger partial charge in [0.05, 0.1) is 12.8 Å². The molecule has 6 rings (SSSR count). The predicted molar refractivity (Wildman–Crippen MR) is 277 cm³/mol. The van der Waals surface area contributed by atoms with Crippen molar-refractivity contribution in [2.24, 2.45) is 16.5 Å². The number of unbranched alkanes of at least 4 members (excludes halogenated alkanes) is 1. The van der Waals surface area contributed by atoms with Crippen molar-refractivity contribution < 1.29 is 24.0 Å². The molecule has 5 amide bonds. The predicted octanol–water partition coefficient (Wildman–Crippen LogP) is 6.20. The minimum absolute atomic E-state index is 0.0181. The highest BCUT2D eigenvalue weighted by molar-refractivity contribution is 5.94. The molecule has 0 heterocycles. The second-order valence-electron chi connectivity index (χ2n) is 17.2. The van der Waals surface area contributed by atoms with Crippen LogP contribution in [0.3, 0.4) is 0 Å². The van der Waals surface area contributed by atoms with Gasteiger partial charge in [0, 0.05) is 26.1 Å². The van der Waals surface area contributed by atoms with E-state index in [1.165, 1.54) is 0 Å². The molecule has 0 saturated carbocycles. The van der Waals surface area contributed by atoms with Gasteiger partial charge in [0.15, 0.2) is 5.96 Å². The number of carbonyl (C=O) groups is 5. The summed E-state index contributed by atoms with van der Waals surface area (Å²) in [5, 5.41) is 14.7. The van der Waals surface area contributed by atoms with E-state index >= 15 is 0 Å². The maximum atomic E-state index is 14.3. The quantitative estimate of drug-likeness (QED) is 0.0190. The van der Waals surface area contributed by atoms with Crippen molar-refractivity contribution in [1.82, 2.24) is 26.6 Å². The number of carbonyl (C=O) groups excluding carboxylic acids is 5. The van der Waals surface area contributed by atoms with Crippen LogP contribution < -0.4 is 38.1 Å². The summed E-state index contributed by atoms with van der Waals surface area (Å²) in [5.41, 5.74) is 19.0. The number of nitrogens with one attached hydrogen (secondary N) is 5. The van der Waals surface area contributed by atoms with Crippen LogP contribution in [0.2, 0.25) is 0 Å². The van der Waals surface area contributed by atoms with E-state index in [0.29, 0.717) is 38.8 Å². The molecule has 0 aliphatic heterocycles. The lowest BCUT2D eigenvalue weighted by Gasteiger charge is -2.26. The van der Waals surface area contributed by atoms with Crippen molar-refractivity contribution in [2.75, 3.05) is 19.6 Å². The second-order valence-corrected chi connectivity index (χ2v) is 17.2. The van der Waals surface area contributed by atoms with Gasteiger partial charge in [-0.15, -0.1) is 0 Å². The van der Waals surface area contributed by atoms with Crippen LogP contribution in [0.25, 0.3) is 22.3 Å². The third-order valence-corrected chi connectivity index (χ3v) is 11.8. The summed E-state index contributed by atoms with van der Waals surface area (Å²) in [5.74, 6) is -2.11. The first-order valence-corrected chi connectivity index (χ1v) is 24.0. The van der Waals surface area contributed by atoms with Crippen LogP contribution in [0.5, 0.6) is 0 Å². The number of guanidine groups is 1. The van der Waals surface area contributed by atoms with Crippen LogP contribution in [0.4, 0.5) is 0 Å². The van der Waals surface area contributed by atoms with E-state index < -0.39 is 29.9 Å². The van der Waals surface area contributed by atoms with E-state index in [-0.39, 0.29) is 62.3 Å². The summed E-state index contributed by atoms with van der Waals surface area (Å²) < 4.78 is 0. The lowest BCUT2D eigenvalue weighted by Crippen LogP contribution is -2.57. The van der Waals surface area contributed by atoms with Crippen LogP contribution >= 0.6 is 0 Å². The molecule has 0 aliphatic carbocycles. The molecule has 13 nitrogen and oxygen atoms in total. The fraction of sp³-hybridized carbons (Fsp3) is 0.263. The molecule has 1 unspecified atom stereocenters. The third-order valence-electron chi connectivity index (χ3n) is 11.8. The Hall–Kier alpha value is -8.06. The highest BCUT2D eigenvalue weighted by atomic mass is 16.2. The van der Waals surface area contributed by atoms with E-state index in [4.69, 9.17) is 11.5 Å². The second kappa shape index (κ2) is 27.7. The summed E-state index contributed by atoms with van der Waals surface area (Å²) in [7, 11) is 0. The normalized spacial score (nSPS) is 12.1. The zero-order valence-electron chi connectivity index (χ0n) is 39.5. The lowest BCUT2D eigenvalue weighted by atomic mass is 10.0. The molecule has 0 aromatic heterocycles. The molecule has 0 aliphatic rings. The average molecular weight is 941 g/mol. The van der Waals surface area contributed by atoms with Gasteiger partial charge in [-0.2, -0.15) is 0 Å². The Kier molecular flexibility index (Phi) is 20.3. The zero-order valence-corrected chi connectivity index (χ0v) is 39.5. The highest BCUT2D eigenvalue weighted by Crippen LogP contribution is 2.21. The summed E-state index contributed by atoms with van der Waals surface area (Å²) in [6.45, 7) is 0.917. The fourth-order valence-electron chi connectivity index (χ4n) is 8.01. The molecule has 0 spiro atoms. The van der Waals surface area contributed by atoms with Gasteiger partial charge in [0.25, 0.3) is 0 Å². The van der Waals surface area contributed by atoms with Crippen LogP contribution in [0, 0.1) is 0 Å². The largest absolute Gasteiger partial charge is 0.370 e. The van der Waals surface area contributed by atoms with Crippen LogP contribution in [0.1, 0.15) is 54.4 Å². The van der Waals surface area contributed by atoms with Crippen LogP contribution in [-0.2, 0) is 49.7 Å². The molecular weight excluding hydrogens is 877 g/mol. The van der Waals surface area contributed by atoms with Crippen LogP contribution in [0.15, 0.2) is 175 Å². The smallest absolute Gasteiger partial charge is 0.243 e. The molecule has 13 heteroatoms. The Balaban J connectivity index is 1.12. The molecular formula is C57H64N8O5. The highest BCUT2D eigenvalue weighted by Gasteiger charge is 2.30. The van der Waals surface area contributed by atoms with Crippen molar-refractivity contribution in [1.29, 1.82) is 0 Å². The monoisotopic (exact) mass is 940 g/mol. The number of aliphatic imine (C=N–C) groups is 1. The van der Waals surface area contributed by atoms with Crippen molar-refractivity contribution in [3.63, 3.8) is 0 Å². The number of amides is 5. The summed E-state index contributed by atoms with van der Waals surface area (Å²) in [4.78, 5) is 73.1. The maximum absolute atomic E-state index is 14.3. The Morgan fingerprint density at radius 3 is 1.41 bits per heavy atom. The molecule has 362 valence electrons. The molecule has 6 aromatic rings.